The molecule has 1 rings (SSSR count). The smallest absolute Gasteiger partial charge is 0.108 e. The van der Waals surface area contributed by atoms with Crippen molar-refractivity contribution in [1.82, 2.24) is 0 Å². The van der Waals surface area contributed by atoms with Crippen LogP contribution in [0.2, 0.25) is 0 Å². The molecule has 0 bridgehead atoms. The average molecular weight is 159 g/mol. The van der Waals surface area contributed by atoms with Gasteiger partial charge in [-0.3, -0.25) is 0 Å². The molecule has 2 N–H and O–H groups in total. The lowest BCUT2D eigenvalue weighted by atomic mass is 9.78. The lowest BCUT2D eigenvalue weighted by Crippen LogP contribution is -2.36. The Morgan fingerprint density at radius 2 is 2.00 bits per heavy atom. The molecule has 0 radical (unpaired) electrons. The van der Waals surface area contributed by atoms with Crippen molar-refractivity contribution in [3.8, 4) is 0 Å². The Hall–Kier alpha value is -0.110. The summed E-state index contributed by atoms with van der Waals surface area (Å²) in [5.74, 6) is 0.186. The topological polar surface area (TPSA) is 26.0 Å². The molecule has 0 amide bonds. The maximum atomic E-state index is 13.4. The molecule has 1 fully saturated rings. The SMILES string of the molecule is CC(C)(F)C1CCCC(N)C1. The predicted molar refractivity (Wildman–Crippen MR) is 45.1 cm³/mol. The molecular weight excluding hydrogens is 141 g/mol. The van der Waals surface area contributed by atoms with Gasteiger partial charge in [-0.05, 0) is 39.0 Å². The van der Waals surface area contributed by atoms with Gasteiger partial charge in [-0.15, -0.1) is 0 Å². The minimum atomic E-state index is -1.03. The minimum absolute atomic E-state index is 0.186. The van der Waals surface area contributed by atoms with Gasteiger partial charge in [0.2, 0.25) is 0 Å². The van der Waals surface area contributed by atoms with E-state index in [1.807, 2.05) is 0 Å². The van der Waals surface area contributed by atoms with Crippen LogP contribution < -0.4 is 5.73 Å². The van der Waals surface area contributed by atoms with Crippen LogP contribution in [-0.4, -0.2) is 11.7 Å². The lowest BCUT2D eigenvalue weighted by molar-refractivity contribution is 0.0878. The summed E-state index contributed by atoms with van der Waals surface area (Å²) in [6, 6.07) is 0.240. The number of rotatable bonds is 1. The zero-order valence-electron chi connectivity index (χ0n) is 7.44. The van der Waals surface area contributed by atoms with Crippen LogP contribution in [0.3, 0.4) is 0 Å². The molecule has 2 atom stereocenters. The number of alkyl halides is 1. The molecule has 0 saturated heterocycles. The average Bonchev–Trinajstić information content (AvgIpc) is 1.86. The molecule has 11 heavy (non-hydrogen) atoms. The van der Waals surface area contributed by atoms with Crippen molar-refractivity contribution in [3.63, 3.8) is 0 Å². The van der Waals surface area contributed by atoms with E-state index in [1.54, 1.807) is 13.8 Å². The fraction of sp³-hybridized carbons (Fsp3) is 1.00. The third kappa shape index (κ3) is 2.44. The van der Waals surface area contributed by atoms with Crippen LogP contribution in [-0.2, 0) is 0 Å². The summed E-state index contributed by atoms with van der Waals surface area (Å²) in [5.41, 5.74) is 4.73. The first-order valence-corrected chi connectivity index (χ1v) is 4.44. The van der Waals surface area contributed by atoms with Gasteiger partial charge in [0.15, 0.2) is 0 Å². The van der Waals surface area contributed by atoms with Crippen LogP contribution >= 0.6 is 0 Å². The number of hydrogen-bond acceptors (Lipinski definition) is 1. The highest BCUT2D eigenvalue weighted by atomic mass is 19.1. The normalized spacial score (nSPS) is 33.8. The third-order valence-electron chi connectivity index (χ3n) is 2.69. The Kier molecular flexibility index (Phi) is 2.53. The summed E-state index contributed by atoms with van der Waals surface area (Å²) in [4.78, 5) is 0. The highest BCUT2D eigenvalue weighted by molar-refractivity contribution is 4.85. The van der Waals surface area contributed by atoms with Gasteiger partial charge in [-0.1, -0.05) is 6.42 Å². The highest BCUT2D eigenvalue weighted by Crippen LogP contribution is 2.34. The second-order valence-electron chi connectivity index (χ2n) is 4.19. The van der Waals surface area contributed by atoms with Crippen molar-refractivity contribution in [1.29, 1.82) is 0 Å². The zero-order valence-corrected chi connectivity index (χ0v) is 7.44. The molecule has 0 aromatic heterocycles. The van der Waals surface area contributed by atoms with Crippen LogP contribution in [0, 0.1) is 5.92 Å². The first kappa shape index (κ1) is 8.98. The van der Waals surface area contributed by atoms with Gasteiger partial charge < -0.3 is 5.73 Å². The highest BCUT2D eigenvalue weighted by Gasteiger charge is 2.32. The number of halogens is 1. The van der Waals surface area contributed by atoms with Gasteiger partial charge in [0, 0.05) is 6.04 Å². The summed E-state index contributed by atoms with van der Waals surface area (Å²) in [7, 11) is 0. The largest absolute Gasteiger partial charge is 0.328 e. The van der Waals surface area contributed by atoms with E-state index in [0.29, 0.717) is 0 Å². The Balaban J connectivity index is 2.46. The van der Waals surface area contributed by atoms with E-state index >= 15 is 0 Å². The number of nitrogens with two attached hydrogens (primary N) is 1. The predicted octanol–water partition coefficient (Wildman–Crippen LogP) is 2.25. The van der Waals surface area contributed by atoms with E-state index < -0.39 is 5.67 Å². The maximum Gasteiger partial charge on any atom is 0.108 e. The van der Waals surface area contributed by atoms with Gasteiger partial charge in [-0.25, -0.2) is 4.39 Å². The van der Waals surface area contributed by atoms with Crippen molar-refractivity contribution in [2.45, 2.75) is 51.2 Å². The van der Waals surface area contributed by atoms with Crippen molar-refractivity contribution in [3.05, 3.63) is 0 Å². The summed E-state index contributed by atoms with van der Waals surface area (Å²) in [6.07, 6.45) is 4.05. The van der Waals surface area contributed by atoms with Crippen molar-refractivity contribution in [2.75, 3.05) is 0 Å². The molecule has 2 heteroatoms. The number of hydrogen-bond donors (Lipinski definition) is 1. The quantitative estimate of drug-likeness (QED) is 0.624. The fourth-order valence-electron chi connectivity index (χ4n) is 1.85. The third-order valence-corrected chi connectivity index (χ3v) is 2.69. The molecule has 1 aliphatic rings. The van der Waals surface area contributed by atoms with Crippen LogP contribution in [0.15, 0.2) is 0 Å². The minimum Gasteiger partial charge on any atom is -0.328 e. The molecule has 1 nitrogen and oxygen atoms in total. The first-order chi connectivity index (χ1) is 5.00. The molecule has 0 spiro atoms. The van der Waals surface area contributed by atoms with Gasteiger partial charge in [0.05, 0.1) is 0 Å². The Morgan fingerprint density at radius 1 is 1.36 bits per heavy atom. The van der Waals surface area contributed by atoms with Crippen LogP contribution in [0.4, 0.5) is 4.39 Å². The lowest BCUT2D eigenvalue weighted by Gasteiger charge is -2.33. The van der Waals surface area contributed by atoms with E-state index in [4.69, 9.17) is 5.73 Å². The monoisotopic (exact) mass is 159 g/mol. The molecule has 0 aromatic rings. The first-order valence-electron chi connectivity index (χ1n) is 4.44. The van der Waals surface area contributed by atoms with E-state index in [0.717, 1.165) is 25.7 Å². The molecule has 0 aromatic carbocycles. The molecule has 2 unspecified atom stereocenters. The van der Waals surface area contributed by atoms with E-state index in [1.165, 1.54) is 0 Å². The van der Waals surface area contributed by atoms with Gasteiger partial charge >= 0.3 is 0 Å². The van der Waals surface area contributed by atoms with Crippen LogP contribution in [0.1, 0.15) is 39.5 Å². The molecule has 1 aliphatic carbocycles. The van der Waals surface area contributed by atoms with Gasteiger partial charge in [0.1, 0.15) is 5.67 Å². The van der Waals surface area contributed by atoms with Crippen LogP contribution in [0.25, 0.3) is 0 Å². The second kappa shape index (κ2) is 3.10. The van der Waals surface area contributed by atoms with Crippen molar-refractivity contribution >= 4 is 0 Å². The van der Waals surface area contributed by atoms with Crippen LogP contribution in [0.5, 0.6) is 0 Å². The summed E-state index contributed by atoms with van der Waals surface area (Å²) < 4.78 is 13.4. The second-order valence-corrected chi connectivity index (χ2v) is 4.19. The fourth-order valence-corrected chi connectivity index (χ4v) is 1.85. The zero-order chi connectivity index (χ0) is 8.48. The Bertz CT molecular complexity index is 128. The molecular formula is C9H18FN. The van der Waals surface area contributed by atoms with E-state index in [9.17, 15) is 4.39 Å². The Morgan fingerprint density at radius 3 is 2.36 bits per heavy atom. The summed E-state index contributed by atoms with van der Waals surface area (Å²) >= 11 is 0. The summed E-state index contributed by atoms with van der Waals surface area (Å²) in [5, 5.41) is 0. The van der Waals surface area contributed by atoms with E-state index in [2.05, 4.69) is 0 Å². The molecule has 66 valence electrons. The summed E-state index contributed by atoms with van der Waals surface area (Å²) in [6.45, 7) is 3.32. The van der Waals surface area contributed by atoms with Gasteiger partial charge in [0.25, 0.3) is 0 Å². The molecule has 0 heterocycles. The molecule has 0 aliphatic heterocycles. The maximum absolute atomic E-state index is 13.4. The van der Waals surface area contributed by atoms with E-state index in [-0.39, 0.29) is 12.0 Å². The molecule has 1 saturated carbocycles. The van der Waals surface area contributed by atoms with Gasteiger partial charge in [-0.2, -0.15) is 0 Å². The van der Waals surface area contributed by atoms with Crippen molar-refractivity contribution in [2.24, 2.45) is 11.7 Å². The standard InChI is InChI=1S/C9H18FN/c1-9(2,10)7-4-3-5-8(11)6-7/h7-8H,3-6,11H2,1-2H3. The Labute approximate surface area is 68.2 Å². The van der Waals surface area contributed by atoms with Crippen molar-refractivity contribution < 1.29 is 4.39 Å².